The molecule has 0 amide bonds. The molecule has 0 bridgehead atoms. The number of hydrogen-bond acceptors (Lipinski definition) is 4. The van der Waals surface area contributed by atoms with E-state index in [0.29, 0.717) is 25.0 Å². The molecule has 3 rings (SSSR count). The number of carbonyl (C=O) groups is 1. The van der Waals surface area contributed by atoms with Crippen LogP contribution in [0.3, 0.4) is 0 Å². The topological polar surface area (TPSA) is 83.9 Å². The maximum atomic E-state index is 12.7. The van der Waals surface area contributed by atoms with Gasteiger partial charge in [-0.25, -0.2) is 8.42 Å². The number of rotatable bonds is 3. The van der Waals surface area contributed by atoms with Crippen LogP contribution >= 0.6 is 0 Å². The first kappa shape index (κ1) is 15.3. The van der Waals surface area contributed by atoms with Crippen molar-refractivity contribution in [2.75, 3.05) is 6.54 Å². The molecule has 1 aromatic rings. The molecule has 1 atom stereocenters. The molecule has 0 radical (unpaired) electrons. The maximum absolute atomic E-state index is 12.7. The first-order valence-electron chi connectivity index (χ1n) is 7.27. The van der Waals surface area contributed by atoms with E-state index in [9.17, 15) is 18.3 Å². The van der Waals surface area contributed by atoms with Gasteiger partial charge < -0.3 is 9.84 Å². The summed E-state index contributed by atoms with van der Waals surface area (Å²) in [5, 5.41) is 9.19. The van der Waals surface area contributed by atoms with Gasteiger partial charge in [0.05, 0.1) is 4.90 Å². The molecule has 0 unspecified atom stereocenters. The number of carboxylic acids is 1. The number of ether oxygens (including phenoxy) is 1. The van der Waals surface area contributed by atoms with Gasteiger partial charge in [-0.3, -0.25) is 4.79 Å². The summed E-state index contributed by atoms with van der Waals surface area (Å²) in [7, 11) is -3.79. The number of aliphatic carboxylic acids is 1. The average Bonchev–Trinajstić information content (AvgIpc) is 2.99. The molecule has 2 heterocycles. The second-order valence-corrected chi connectivity index (χ2v) is 8.31. The fourth-order valence-electron chi connectivity index (χ4n) is 3.16. The molecular formula is C15H19NO5S. The molecule has 22 heavy (non-hydrogen) atoms. The Kier molecular flexibility index (Phi) is 3.45. The summed E-state index contributed by atoms with van der Waals surface area (Å²) in [4.78, 5) is 11.4. The van der Waals surface area contributed by atoms with Crippen LogP contribution in [-0.2, 0) is 21.2 Å². The number of carboxylic acid groups (broad SMARTS) is 1. The minimum atomic E-state index is -3.79. The second kappa shape index (κ2) is 4.96. The lowest BCUT2D eigenvalue weighted by Gasteiger charge is -2.21. The SMILES string of the molecule is CC1(C)Cc2cc(S(=O)(=O)N3CCC[C@H]3C(=O)O)ccc2O1. The zero-order chi connectivity index (χ0) is 16.1. The van der Waals surface area contributed by atoms with Crippen molar-refractivity contribution in [3.05, 3.63) is 23.8 Å². The van der Waals surface area contributed by atoms with Crippen molar-refractivity contribution in [1.29, 1.82) is 0 Å². The summed E-state index contributed by atoms with van der Waals surface area (Å²) in [6, 6.07) is 3.79. The van der Waals surface area contributed by atoms with E-state index >= 15 is 0 Å². The molecule has 7 heteroatoms. The van der Waals surface area contributed by atoms with Crippen LogP contribution in [0.2, 0.25) is 0 Å². The van der Waals surface area contributed by atoms with E-state index in [-0.39, 0.29) is 17.0 Å². The minimum Gasteiger partial charge on any atom is -0.487 e. The van der Waals surface area contributed by atoms with Gasteiger partial charge in [-0.2, -0.15) is 4.31 Å². The van der Waals surface area contributed by atoms with Crippen molar-refractivity contribution in [2.24, 2.45) is 0 Å². The van der Waals surface area contributed by atoms with E-state index in [1.54, 1.807) is 12.1 Å². The Morgan fingerprint density at radius 3 is 2.82 bits per heavy atom. The molecule has 0 aliphatic carbocycles. The molecule has 1 N–H and O–H groups in total. The van der Waals surface area contributed by atoms with Gasteiger partial charge in [0.25, 0.3) is 0 Å². The summed E-state index contributed by atoms with van der Waals surface area (Å²) >= 11 is 0. The monoisotopic (exact) mass is 325 g/mol. The summed E-state index contributed by atoms with van der Waals surface area (Å²) in [5.74, 6) is -0.396. The van der Waals surface area contributed by atoms with E-state index in [1.165, 1.54) is 6.07 Å². The van der Waals surface area contributed by atoms with Gasteiger partial charge in [-0.15, -0.1) is 0 Å². The third-order valence-electron chi connectivity index (χ3n) is 4.13. The zero-order valence-electron chi connectivity index (χ0n) is 12.6. The first-order chi connectivity index (χ1) is 10.2. The lowest BCUT2D eigenvalue weighted by atomic mass is 10.0. The summed E-state index contributed by atoms with van der Waals surface area (Å²) in [6.45, 7) is 4.14. The van der Waals surface area contributed by atoms with E-state index in [1.807, 2.05) is 13.8 Å². The fraction of sp³-hybridized carbons (Fsp3) is 0.533. The lowest BCUT2D eigenvalue weighted by molar-refractivity contribution is -0.140. The van der Waals surface area contributed by atoms with E-state index in [2.05, 4.69) is 0 Å². The van der Waals surface area contributed by atoms with Gasteiger partial charge in [-0.05, 0) is 50.5 Å². The highest BCUT2D eigenvalue weighted by molar-refractivity contribution is 7.89. The van der Waals surface area contributed by atoms with Crippen LogP contribution in [0.1, 0.15) is 32.3 Å². The Morgan fingerprint density at radius 2 is 2.14 bits per heavy atom. The molecule has 1 aromatic carbocycles. The van der Waals surface area contributed by atoms with Gasteiger partial charge >= 0.3 is 5.97 Å². The lowest BCUT2D eigenvalue weighted by Crippen LogP contribution is -2.40. The van der Waals surface area contributed by atoms with Crippen LogP contribution in [0.4, 0.5) is 0 Å². The highest BCUT2D eigenvalue weighted by atomic mass is 32.2. The van der Waals surface area contributed by atoms with Crippen molar-refractivity contribution >= 4 is 16.0 Å². The predicted octanol–water partition coefficient (Wildman–Crippen LogP) is 1.64. The van der Waals surface area contributed by atoms with Crippen LogP contribution < -0.4 is 4.74 Å². The van der Waals surface area contributed by atoms with Crippen LogP contribution in [0.5, 0.6) is 5.75 Å². The Balaban J connectivity index is 1.96. The smallest absolute Gasteiger partial charge is 0.322 e. The number of sulfonamides is 1. The molecule has 0 aromatic heterocycles. The van der Waals surface area contributed by atoms with Crippen molar-refractivity contribution < 1.29 is 23.1 Å². The van der Waals surface area contributed by atoms with Crippen LogP contribution in [0.15, 0.2) is 23.1 Å². The third-order valence-corrected chi connectivity index (χ3v) is 6.03. The van der Waals surface area contributed by atoms with E-state index < -0.39 is 22.0 Å². The molecule has 120 valence electrons. The van der Waals surface area contributed by atoms with Gasteiger partial charge in [-0.1, -0.05) is 0 Å². The summed E-state index contributed by atoms with van der Waals surface area (Å²) < 4.78 is 32.3. The van der Waals surface area contributed by atoms with E-state index in [4.69, 9.17) is 4.74 Å². The number of fused-ring (bicyclic) bond motifs is 1. The molecule has 1 fully saturated rings. The normalized spacial score (nSPS) is 24.0. The van der Waals surface area contributed by atoms with Crippen LogP contribution in [0.25, 0.3) is 0 Å². The van der Waals surface area contributed by atoms with Crippen LogP contribution in [-0.4, -0.2) is 42.0 Å². The van der Waals surface area contributed by atoms with Gasteiger partial charge in [0, 0.05) is 13.0 Å². The summed E-state index contributed by atoms with van der Waals surface area (Å²) in [6.07, 6.45) is 1.56. The van der Waals surface area contributed by atoms with E-state index in [0.717, 1.165) is 9.87 Å². The van der Waals surface area contributed by atoms with Crippen LogP contribution in [0, 0.1) is 0 Å². The Morgan fingerprint density at radius 1 is 1.41 bits per heavy atom. The molecule has 0 spiro atoms. The molecule has 2 aliphatic rings. The molecule has 2 aliphatic heterocycles. The number of nitrogens with zero attached hydrogens (tertiary/aromatic N) is 1. The predicted molar refractivity (Wildman–Crippen MR) is 79.4 cm³/mol. The first-order valence-corrected chi connectivity index (χ1v) is 8.71. The summed E-state index contributed by atoms with van der Waals surface area (Å²) in [5.41, 5.74) is 0.499. The zero-order valence-corrected chi connectivity index (χ0v) is 13.4. The van der Waals surface area contributed by atoms with Crippen molar-refractivity contribution in [3.8, 4) is 5.75 Å². The Labute approximate surface area is 129 Å². The number of benzene rings is 1. The standard InChI is InChI=1S/C15H19NO5S/c1-15(2)9-10-8-11(5-6-13(10)21-15)22(19,20)16-7-3-4-12(16)14(17)18/h5-6,8,12H,3-4,7,9H2,1-2H3,(H,17,18)/t12-/m0/s1. The highest BCUT2D eigenvalue weighted by Gasteiger charge is 2.40. The highest BCUT2D eigenvalue weighted by Crippen LogP contribution is 2.37. The average molecular weight is 325 g/mol. The Bertz CT molecular complexity index is 725. The molecule has 1 saturated heterocycles. The third kappa shape index (κ3) is 2.48. The number of hydrogen-bond donors (Lipinski definition) is 1. The largest absolute Gasteiger partial charge is 0.487 e. The van der Waals surface area contributed by atoms with Crippen molar-refractivity contribution in [1.82, 2.24) is 4.31 Å². The van der Waals surface area contributed by atoms with Gasteiger partial charge in [0.15, 0.2) is 0 Å². The second-order valence-electron chi connectivity index (χ2n) is 6.42. The molecule has 0 saturated carbocycles. The Hall–Kier alpha value is -1.60. The van der Waals surface area contributed by atoms with Crippen molar-refractivity contribution in [3.63, 3.8) is 0 Å². The minimum absolute atomic E-state index is 0.140. The quantitative estimate of drug-likeness (QED) is 0.913. The molecular weight excluding hydrogens is 306 g/mol. The molecule has 6 nitrogen and oxygen atoms in total. The van der Waals surface area contributed by atoms with Crippen molar-refractivity contribution in [2.45, 2.75) is 49.6 Å². The van der Waals surface area contributed by atoms with Gasteiger partial charge in [0.1, 0.15) is 17.4 Å². The van der Waals surface area contributed by atoms with Gasteiger partial charge in [0.2, 0.25) is 10.0 Å². The maximum Gasteiger partial charge on any atom is 0.322 e. The fourth-order valence-corrected chi connectivity index (χ4v) is 4.86.